The van der Waals surface area contributed by atoms with Gasteiger partial charge in [0.25, 0.3) is 0 Å². The summed E-state index contributed by atoms with van der Waals surface area (Å²) in [5.41, 5.74) is 0.651. The van der Waals surface area contributed by atoms with Gasteiger partial charge < -0.3 is 15.3 Å². The molecule has 0 spiro atoms. The van der Waals surface area contributed by atoms with Crippen LogP contribution in [-0.4, -0.2) is 46.1 Å². The number of nitrogens with one attached hydrogen (secondary N) is 1. The largest absolute Gasteiger partial charge is 0.481 e. The van der Waals surface area contributed by atoms with Gasteiger partial charge >= 0.3 is 5.97 Å². The van der Waals surface area contributed by atoms with Crippen LogP contribution in [0.25, 0.3) is 0 Å². The number of aromatic nitrogens is 1. The van der Waals surface area contributed by atoms with Gasteiger partial charge in [0.2, 0.25) is 0 Å². The van der Waals surface area contributed by atoms with Gasteiger partial charge in [-0.25, -0.2) is 4.98 Å². The number of thiazole rings is 1. The maximum absolute atomic E-state index is 10.7. The van der Waals surface area contributed by atoms with E-state index in [4.69, 9.17) is 5.11 Å². The van der Waals surface area contributed by atoms with Crippen LogP contribution in [-0.2, 0) is 11.2 Å². The maximum Gasteiger partial charge on any atom is 0.309 e. The molecule has 2 saturated heterocycles. The molecule has 6 heteroatoms. The molecule has 5 nitrogen and oxygen atoms in total. The van der Waals surface area contributed by atoms with Gasteiger partial charge in [-0.2, -0.15) is 0 Å². The van der Waals surface area contributed by atoms with Crippen LogP contribution in [0.2, 0.25) is 0 Å². The quantitative estimate of drug-likeness (QED) is 0.891. The van der Waals surface area contributed by atoms with Crippen molar-refractivity contribution in [2.75, 3.05) is 12.4 Å². The number of anilines is 1. The van der Waals surface area contributed by atoms with Crippen molar-refractivity contribution in [3.8, 4) is 0 Å². The van der Waals surface area contributed by atoms with Crippen molar-refractivity contribution >= 4 is 22.4 Å². The first-order valence-corrected chi connectivity index (χ1v) is 8.14. The first kappa shape index (κ1) is 13.8. The van der Waals surface area contributed by atoms with Gasteiger partial charge in [0.1, 0.15) is 0 Å². The van der Waals surface area contributed by atoms with E-state index in [1.54, 1.807) is 0 Å². The third-order valence-electron chi connectivity index (χ3n) is 4.55. The van der Waals surface area contributed by atoms with Crippen molar-refractivity contribution in [2.24, 2.45) is 0 Å². The number of aliphatic carboxylic acids is 1. The standard InChI is InChI=1S/C14H21N3O2S/c1-17-11-3-2-4-12(17)6-9(5-11)15-14-16-10(8-20-14)7-13(18)19/h8-9,11-12H,2-7H2,1H3,(H,15,16)(H,18,19). The number of piperidine rings is 2. The first-order chi connectivity index (χ1) is 9.61. The molecule has 2 aliphatic heterocycles. The van der Waals surface area contributed by atoms with Gasteiger partial charge in [0.15, 0.2) is 5.13 Å². The van der Waals surface area contributed by atoms with Crippen LogP contribution >= 0.6 is 11.3 Å². The van der Waals surface area contributed by atoms with Gasteiger partial charge in [-0.05, 0) is 32.7 Å². The maximum atomic E-state index is 10.7. The summed E-state index contributed by atoms with van der Waals surface area (Å²) in [4.78, 5) is 17.6. The second kappa shape index (κ2) is 5.69. The summed E-state index contributed by atoms with van der Waals surface area (Å²) in [6.07, 6.45) is 6.30. The number of nitrogens with zero attached hydrogens (tertiary/aromatic N) is 2. The Bertz CT molecular complexity index is 477. The fourth-order valence-electron chi connectivity index (χ4n) is 3.52. The molecule has 110 valence electrons. The molecule has 20 heavy (non-hydrogen) atoms. The highest BCUT2D eigenvalue weighted by Gasteiger charge is 2.36. The highest BCUT2D eigenvalue weighted by molar-refractivity contribution is 7.13. The Labute approximate surface area is 123 Å². The Morgan fingerprint density at radius 1 is 1.50 bits per heavy atom. The van der Waals surface area contributed by atoms with Gasteiger partial charge in [-0.15, -0.1) is 11.3 Å². The van der Waals surface area contributed by atoms with Crippen molar-refractivity contribution in [1.29, 1.82) is 0 Å². The molecular formula is C14H21N3O2S. The minimum absolute atomic E-state index is 0.0107. The van der Waals surface area contributed by atoms with Crippen LogP contribution in [0.1, 0.15) is 37.8 Å². The van der Waals surface area contributed by atoms with Gasteiger partial charge in [0.05, 0.1) is 12.1 Å². The molecule has 2 atom stereocenters. The molecule has 0 aromatic carbocycles. The Kier molecular flexibility index (Phi) is 3.94. The van der Waals surface area contributed by atoms with Crippen LogP contribution in [0, 0.1) is 0 Å². The van der Waals surface area contributed by atoms with Crippen LogP contribution in [0.5, 0.6) is 0 Å². The van der Waals surface area contributed by atoms with Gasteiger partial charge in [-0.3, -0.25) is 4.79 Å². The lowest BCUT2D eigenvalue weighted by Crippen LogP contribution is -2.52. The lowest BCUT2D eigenvalue weighted by atomic mass is 9.82. The van der Waals surface area contributed by atoms with Crippen LogP contribution < -0.4 is 5.32 Å². The Morgan fingerprint density at radius 3 is 2.85 bits per heavy atom. The minimum Gasteiger partial charge on any atom is -0.481 e. The summed E-state index contributed by atoms with van der Waals surface area (Å²) in [6, 6.07) is 1.86. The lowest BCUT2D eigenvalue weighted by Gasteiger charge is -2.47. The molecule has 2 N–H and O–H groups in total. The zero-order valence-electron chi connectivity index (χ0n) is 11.7. The lowest BCUT2D eigenvalue weighted by molar-refractivity contribution is -0.136. The summed E-state index contributed by atoms with van der Waals surface area (Å²) >= 11 is 1.51. The van der Waals surface area contributed by atoms with E-state index in [0.29, 0.717) is 23.8 Å². The van der Waals surface area contributed by atoms with Crippen LogP contribution in [0.4, 0.5) is 5.13 Å². The second-order valence-electron chi connectivity index (χ2n) is 5.93. The average molecular weight is 295 g/mol. The van der Waals surface area contributed by atoms with Crippen molar-refractivity contribution in [2.45, 2.75) is 56.7 Å². The molecule has 1 aromatic rings. The zero-order valence-corrected chi connectivity index (χ0v) is 12.5. The minimum atomic E-state index is -0.823. The number of fused-ring (bicyclic) bond motifs is 2. The Hall–Kier alpha value is -1.14. The molecule has 2 bridgehead atoms. The molecule has 3 heterocycles. The van der Waals surface area contributed by atoms with E-state index < -0.39 is 5.97 Å². The van der Waals surface area contributed by atoms with Crippen molar-refractivity contribution in [1.82, 2.24) is 9.88 Å². The molecule has 0 aliphatic carbocycles. The molecule has 1 aromatic heterocycles. The molecule has 2 aliphatic rings. The summed E-state index contributed by atoms with van der Waals surface area (Å²) < 4.78 is 0. The normalized spacial score (nSPS) is 30.1. The molecule has 2 fully saturated rings. The van der Waals surface area contributed by atoms with E-state index >= 15 is 0 Å². The molecule has 0 saturated carbocycles. The number of hydrogen-bond acceptors (Lipinski definition) is 5. The number of rotatable bonds is 4. The fourth-order valence-corrected chi connectivity index (χ4v) is 4.31. The van der Waals surface area contributed by atoms with Crippen LogP contribution in [0.15, 0.2) is 5.38 Å². The predicted molar refractivity (Wildman–Crippen MR) is 79.3 cm³/mol. The summed E-state index contributed by atoms with van der Waals surface area (Å²) in [5.74, 6) is -0.823. The molecule has 0 radical (unpaired) electrons. The zero-order chi connectivity index (χ0) is 14.1. The third-order valence-corrected chi connectivity index (χ3v) is 5.37. The summed E-state index contributed by atoms with van der Waals surface area (Å²) in [5, 5.41) is 15.0. The molecule has 2 unspecified atom stereocenters. The van der Waals surface area contributed by atoms with Crippen molar-refractivity contribution in [3.63, 3.8) is 0 Å². The number of carboxylic acids is 1. The van der Waals surface area contributed by atoms with Gasteiger partial charge in [-0.1, -0.05) is 6.42 Å². The van der Waals surface area contributed by atoms with E-state index in [9.17, 15) is 4.79 Å². The average Bonchev–Trinajstić information content (AvgIpc) is 2.77. The van der Waals surface area contributed by atoms with Crippen molar-refractivity contribution in [3.05, 3.63) is 11.1 Å². The fraction of sp³-hybridized carbons (Fsp3) is 0.714. The number of hydrogen-bond donors (Lipinski definition) is 2. The topological polar surface area (TPSA) is 65.5 Å². The highest BCUT2D eigenvalue weighted by Crippen LogP contribution is 2.34. The number of carboxylic acid groups (broad SMARTS) is 1. The third kappa shape index (κ3) is 2.96. The monoisotopic (exact) mass is 295 g/mol. The van der Waals surface area contributed by atoms with E-state index in [2.05, 4.69) is 22.2 Å². The Morgan fingerprint density at radius 2 is 2.20 bits per heavy atom. The van der Waals surface area contributed by atoms with E-state index in [1.807, 2.05) is 5.38 Å². The van der Waals surface area contributed by atoms with Gasteiger partial charge in [0, 0.05) is 23.5 Å². The van der Waals surface area contributed by atoms with E-state index in [-0.39, 0.29) is 6.42 Å². The number of carbonyl (C=O) groups is 1. The predicted octanol–water partition coefficient (Wildman–Crippen LogP) is 2.20. The SMILES string of the molecule is CN1C2CCCC1CC(Nc1nc(CC(=O)O)cs1)C2. The van der Waals surface area contributed by atoms with E-state index in [1.165, 1.54) is 43.4 Å². The first-order valence-electron chi connectivity index (χ1n) is 7.26. The molecule has 3 rings (SSSR count). The molecular weight excluding hydrogens is 274 g/mol. The van der Waals surface area contributed by atoms with Crippen molar-refractivity contribution < 1.29 is 9.90 Å². The summed E-state index contributed by atoms with van der Waals surface area (Å²) in [6.45, 7) is 0. The highest BCUT2D eigenvalue weighted by atomic mass is 32.1. The Balaban J connectivity index is 1.61. The smallest absolute Gasteiger partial charge is 0.309 e. The molecule has 0 amide bonds. The summed E-state index contributed by atoms with van der Waals surface area (Å²) in [7, 11) is 2.25. The van der Waals surface area contributed by atoms with E-state index in [0.717, 1.165) is 5.13 Å². The second-order valence-corrected chi connectivity index (χ2v) is 6.79. The van der Waals surface area contributed by atoms with Crippen LogP contribution in [0.3, 0.4) is 0 Å².